The second kappa shape index (κ2) is 4.72. The Labute approximate surface area is 107 Å². The van der Waals surface area contributed by atoms with Crippen LogP contribution in [-0.4, -0.2) is 41.3 Å². The minimum Gasteiger partial charge on any atom is -0.478 e. The van der Waals surface area contributed by atoms with Crippen molar-refractivity contribution in [2.24, 2.45) is 0 Å². The quantitative estimate of drug-likeness (QED) is 0.882. The van der Waals surface area contributed by atoms with Gasteiger partial charge in [0.25, 0.3) is 0 Å². The monoisotopic (exact) mass is 274 g/mol. The Balaban J connectivity index is 3.08. The fourth-order valence-electron chi connectivity index (χ4n) is 1.51. The van der Waals surface area contributed by atoms with Crippen molar-refractivity contribution in [2.75, 3.05) is 12.0 Å². The van der Waals surface area contributed by atoms with Crippen molar-refractivity contribution in [3.05, 3.63) is 17.5 Å². The van der Waals surface area contributed by atoms with Crippen LogP contribution in [0.5, 0.6) is 0 Å². The van der Waals surface area contributed by atoms with Gasteiger partial charge in [-0.3, -0.25) is 4.68 Å². The zero-order valence-electron chi connectivity index (χ0n) is 11.0. The molecule has 0 fully saturated rings. The Hall–Kier alpha value is -1.37. The van der Waals surface area contributed by atoms with E-state index in [4.69, 9.17) is 5.11 Å². The van der Waals surface area contributed by atoms with Crippen LogP contribution in [0.1, 0.15) is 36.8 Å². The number of carbonyl (C=O) groups is 1. The number of aromatic carboxylic acids is 1. The summed E-state index contributed by atoms with van der Waals surface area (Å²) in [6.45, 7) is 5.75. The largest absolute Gasteiger partial charge is 0.478 e. The summed E-state index contributed by atoms with van der Waals surface area (Å²) < 4.78 is 23.5. The highest BCUT2D eigenvalue weighted by Gasteiger charge is 2.26. The Kier molecular flexibility index (Phi) is 3.85. The summed E-state index contributed by atoms with van der Waals surface area (Å²) in [7, 11) is -3.09. The number of sulfone groups is 1. The average molecular weight is 274 g/mol. The van der Waals surface area contributed by atoms with Gasteiger partial charge in [-0.05, 0) is 0 Å². The number of hydrogen-bond donors (Lipinski definition) is 1. The van der Waals surface area contributed by atoms with E-state index in [2.05, 4.69) is 5.10 Å². The molecular weight excluding hydrogens is 256 g/mol. The lowest BCUT2D eigenvalue weighted by molar-refractivity contribution is 0.0694. The average Bonchev–Trinajstić information content (AvgIpc) is 2.56. The second-order valence-corrected chi connectivity index (χ2v) is 7.60. The lowest BCUT2D eigenvalue weighted by Gasteiger charge is -2.15. The molecule has 7 heteroatoms. The van der Waals surface area contributed by atoms with Gasteiger partial charge >= 0.3 is 5.97 Å². The number of hydrogen-bond acceptors (Lipinski definition) is 4. The lowest BCUT2D eigenvalue weighted by Crippen LogP contribution is -2.17. The summed E-state index contributed by atoms with van der Waals surface area (Å²) in [4.78, 5) is 11.1. The molecule has 1 aromatic heterocycles. The first-order valence-corrected chi connectivity index (χ1v) is 7.56. The highest BCUT2D eigenvalue weighted by atomic mass is 32.2. The molecule has 6 nitrogen and oxygen atoms in total. The third kappa shape index (κ3) is 3.83. The molecular formula is C11H18N2O4S. The molecule has 0 saturated carbocycles. The summed E-state index contributed by atoms with van der Waals surface area (Å²) in [5.41, 5.74) is 0.184. The first-order chi connectivity index (χ1) is 8.00. The van der Waals surface area contributed by atoms with E-state index in [1.807, 2.05) is 20.8 Å². The van der Waals surface area contributed by atoms with Crippen LogP contribution in [0.15, 0.2) is 6.20 Å². The number of aromatic nitrogens is 2. The molecule has 0 spiro atoms. The SMILES string of the molecule is CC(C)(C)c1nn(CCS(C)(=O)=O)cc1C(=O)O. The molecule has 0 aliphatic carbocycles. The first-order valence-electron chi connectivity index (χ1n) is 5.49. The van der Waals surface area contributed by atoms with Crippen LogP contribution in [-0.2, 0) is 21.8 Å². The number of carboxylic acids is 1. The van der Waals surface area contributed by atoms with Gasteiger partial charge in [0.15, 0.2) is 0 Å². The zero-order valence-corrected chi connectivity index (χ0v) is 11.8. The molecule has 1 heterocycles. The van der Waals surface area contributed by atoms with E-state index in [0.29, 0.717) is 5.69 Å². The molecule has 0 saturated heterocycles. The van der Waals surface area contributed by atoms with Crippen LogP contribution >= 0.6 is 0 Å². The third-order valence-electron chi connectivity index (χ3n) is 2.39. The standard InChI is InChI=1S/C11H18N2O4S/c1-11(2,3)9-8(10(14)15)7-13(12-9)5-6-18(4,16)17/h7H,5-6H2,1-4H3,(H,14,15). The van der Waals surface area contributed by atoms with E-state index in [1.54, 1.807) is 0 Å². The minimum absolute atomic E-state index is 0.0582. The summed E-state index contributed by atoms with van der Waals surface area (Å²) in [5, 5.41) is 13.3. The van der Waals surface area contributed by atoms with Crippen molar-refractivity contribution in [1.29, 1.82) is 0 Å². The molecule has 1 rings (SSSR count). The van der Waals surface area contributed by atoms with Gasteiger partial charge in [0, 0.05) is 17.9 Å². The fraction of sp³-hybridized carbons (Fsp3) is 0.636. The molecule has 0 aromatic carbocycles. The summed E-state index contributed by atoms with van der Waals surface area (Å²) >= 11 is 0. The van der Waals surface area contributed by atoms with Gasteiger partial charge in [0.2, 0.25) is 0 Å². The van der Waals surface area contributed by atoms with Gasteiger partial charge in [-0.25, -0.2) is 13.2 Å². The molecule has 1 N–H and O–H groups in total. The summed E-state index contributed by atoms with van der Waals surface area (Å²) in [6.07, 6.45) is 2.52. The van der Waals surface area contributed by atoms with E-state index < -0.39 is 21.2 Å². The van der Waals surface area contributed by atoms with E-state index in [1.165, 1.54) is 10.9 Å². The third-order valence-corrected chi connectivity index (χ3v) is 3.32. The van der Waals surface area contributed by atoms with Crippen LogP contribution in [0.25, 0.3) is 0 Å². The van der Waals surface area contributed by atoms with Crippen molar-refractivity contribution in [2.45, 2.75) is 32.7 Å². The van der Waals surface area contributed by atoms with Crippen molar-refractivity contribution < 1.29 is 18.3 Å². The Morgan fingerprint density at radius 1 is 1.44 bits per heavy atom. The Morgan fingerprint density at radius 3 is 2.33 bits per heavy atom. The fourth-order valence-corrected chi connectivity index (χ4v) is 2.02. The predicted molar refractivity (Wildman–Crippen MR) is 67.6 cm³/mol. The van der Waals surface area contributed by atoms with Gasteiger partial charge in [-0.15, -0.1) is 0 Å². The topological polar surface area (TPSA) is 89.3 Å². The molecule has 102 valence electrons. The minimum atomic E-state index is -3.09. The predicted octanol–water partition coefficient (Wildman–Crippen LogP) is 0.923. The van der Waals surface area contributed by atoms with Gasteiger partial charge < -0.3 is 5.11 Å². The molecule has 0 radical (unpaired) electrons. The maximum atomic E-state index is 11.1. The number of aryl methyl sites for hydroxylation is 1. The Morgan fingerprint density at radius 2 is 2.00 bits per heavy atom. The lowest BCUT2D eigenvalue weighted by atomic mass is 9.90. The molecule has 0 amide bonds. The first kappa shape index (κ1) is 14.7. The Bertz CT molecular complexity index is 552. The van der Waals surface area contributed by atoms with E-state index in [0.717, 1.165) is 6.26 Å². The maximum absolute atomic E-state index is 11.1. The van der Waals surface area contributed by atoms with Crippen LogP contribution in [0, 0.1) is 0 Å². The highest BCUT2D eigenvalue weighted by Crippen LogP contribution is 2.24. The zero-order chi connectivity index (χ0) is 14.1. The summed E-state index contributed by atoms with van der Waals surface area (Å²) in [5.74, 6) is -1.11. The molecule has 0 aliphatic heterocycles. The maximum Gasteiger partial charge on any atom is 0.339 e. The van der Waals surface area contributed by atoms with Crippen LogP contribution in [0.4, 0.5) is 0 Å². The molecule has 0 unspecified atom stereocenters. The molecule has 0 bridgehead atoms. The van der Waals surface area contributed by atoms with Crippen molar-refractivity contribution in [3.8, 4) is 0 Å². The van der Waals surface area contributed by atoms with E-state index >= 15 is 0 Å². The highest BCUT2D eigenvalue weighted by molar-refractivity contribution is 7.90. The van der Waals surface area contributed by atoms with Crippen molar-refractivity contribution in [3.63, 3.8) is 0 Å². The second-order valence-electron chi connectivity index (χ2n) is 5.34. The summed E-state index contributed by atoms with van der Waals surface area (Å²) in [6, 6.07) is 0. The number of rotatable bonds is 4. The number of nitrogens with zero attached hydrogens (tertiary/aromatic N) is 2. The van der Waals surface area contributed by atoms with Crippen LogP contribution < -0.4 is 0 Å². The molecule has 0 atom stereocenters. The van der Waals surface area contributed by atoms with Gasteiger partial charge in [0.05, 0.1) is 18.0 Å². The van der Waals surface area contributed by atoms with E-state index in [-0.39, 0.29) is 17.9 Å². The smallest absolute Gasteiger partial charge is 0.339 e. The normalized spacial score (nSPS) is 12.7. The van der Waals surface area contributed by atoms with E-state index in [9.17, 15) is 13.2 Å². The van der Waals surface area contributed by atoms with Crippen molar-refractivity contribution >= 4 is 15.8 Å². The van der Waals surface area contributed by atoms with Crippen LogP contribution in [0.3, 0.4) is 0 Å². The number of carboxylic acid groups (broad SMARTS) is 1. The van der Waals surface area contributed by atoms with Gasteiger partial charge in [-0.2, -0.15) is 5.10 Å². The molecule has 0 aliphatic rings. The van der Waals surface area contributed by atoms with Crippen LogP contribution in [0.2, 0.25) is 0 Å². The van der Waals surface area contributed by atoms with Gasteiger partial charge in [0.1, 0.15) is 15.4 Å². The van der Waals surface area contributed by atoms with Crippen molar-refractivity contribution in [1.82, 2.24) is 9.78 Å². The van der Waals surface area contributed by atoms with Gasteiger partial charge in [-0.1, -0.05) is 20.8 Å². The molecule has 18 heavy (non-hydrogen) atoms. The molecule has 1 aromatic rings.